The van der Waals surface area contributed by atoms with E-state index in [-0.39, 0.29) is 11.9 Å². The van der Waals surface area contributed by atoms with Gasteiger partial charge in [-0.15, -0.1) is 0 Å². The highest BCUT2D eigenvalue weighted by Gasteiger charge is 2.29. The fourth-order valence-corrected chi connectivity index (χ4v) is 4.58. The molecule has 1 N–H and O–H groups in total. The summed E-state index contributed by atoms with van der Waals surface area (Å²) in [5, 5.41) is 5.35. The second-order valence-corrected chi connectivity index (χ2v) is 8.13. The van der Waals surface area contributed by atoms with Crippen molar-refractivity contribution in [3.63, 3.8) is 0 Å². The Hall–Kier alpha value is -3.61. The number of aromatic nitrogens is 3. The normalized spacial score (nSPS) is 15.2. The molecular weight excluding hydrogens is 406 g/mol. The molecule has 0 fully saturated rings. The highest BCUT2D eigenvalue weighted by molar-refractivity contribution is 5.89. The van der Waals surface area contributed by atoms with Crippen molar-refractivity contribution in [2.24, 2.45) is 0 Å². The van der Waals surface area contributed by atoms with E-state index in [0.717, 1.165) is 51.9 Å². The van der Waals surface area contributed by atoms with Crippen molar-refractivity contribution < 1.29 is 18.8 Å². The van der Waals surface area contributed by atoms with Gasteiger partial charge in [0.05, 0.1) is 20.1 Å². The Morgan fingerprint density at radius 3 is 2.84 bits per heavy atom. The van der Waals surface area contributed by atoms with Crippen LogP contribution in [0.25, 0.3) is 33.7 Å². The van der Waals surface area contributed by atoms with Crippen LogP contribution in [0.5, 0.6) is 5.75 Å². The van der Waals surface area contributed by atoms with Crippen LogP contribution in [0.2, 0.25) is 0 Å². The summed E-state index contributed by atoms with van der Waals surface area (Å²) in [5.41, 5.74) is 6.23. The van der Waals surface area contributed by atoms with Gasteiger partial charge in [-0.1, -0.05) is 5.16 Å². The number of ether oxygens (including phenoxy) is 2. The molecule has 0 spiro atoms. The van der Waals surface area contributed by atoms with Gasteiger partial charge in [0, 0.05) is 33.6 Å². The van der Waals surface area contributed by atoms with E-state index in [2.05, 4.69) is 21.2 Å². The molecule has 5 rings (SSSR count). The molecule has 7 nitrogen and oxygen atoms in total. The lowest BCUT2D eigenvalue weighted by Crippen LogP contribution is -2.08. The van der Waals surface area contributed by atoms with Gasteiger partial charge in [0.25, 0.3) is 5.89 Å². The Balaban J connectivity index is 1.44. The molecule has 32 heavy (non-hydrogen) atoms. The maximum Gasteiger partial charge on any atom is 0.306 e. The Bertz CT molecular complexity index is 1300. The van der Waals surface area contributed by atoms with Crippen LogP contribution in [-0.4, -0.2) is 34.8 Å². The highest BCUT2D eigenvalue weighted by Crippen LogP contribution is 2.40. The number of nitrogens with zero attached hydrogens (tertiary/aromatic N) is 2. The van der Waals surface area contributed by atoms with Crippen LogP contribution in [0.15, 0.2) is 40.9 Å². The van der Waals surface area contributed by atoms with Gasteiger partial charge >= 0.3 is 5.97 Å². The minimum absolute atomic E-state index is 0.141. The number of aromatic amines is 1. The number of H-pyrrole nitrogens is 1. The van der Waals surface area contributed by atoms with E-state index in [4.69, 9.17) is 14.0 Å². The van der Waals surface area contributed by atoms with Crippen LogP contribution in [0.3, 0.4) is 0 Å². The molecule has 1 unspecified atom stereocenters. The zero-order chi connectivity index (χ0) is 22.2. The van der Waals surface area contributed by atoms with Gasteiger partial charge in [-0.25, -0.2) is 0 Å². The number of hydrogen-bond donors (Lipinski definition) is 1. The maximum atomic E-state index is 12.0. The molecule has 1 aliphatic carbocycles. The Kier molecular flexibility index (Phi) is 5.17. The van der Waals surface area contributed by atoms with Crippen LogP contribution < -0.4 is 4.74 Å². The van der Waals surface area contributed by atoms with Gasteiger partial charge < -0.3 is 19.0 Å². The number of methoxy groups -OCH3 is 1. The Morgan fingerprint density at radius 1 is 1.22 bits per heavy atom. The van der Waals surface area contributed by atoms with E-state index in [9.17, 15) is 4.79 Å². The van der Waals surface area contributed by atoms with E-state index < -0.39 is 0 Å². The monoisotopic (exact) mass is 431 g/mol. The van der Waals surface area contributed by atoms with E-state index in [1.807, 2.05) is 44.2 Å². The number of rotatable bonds is 6. The smallest absolute Gasteiger partial charge is 0.306 e. The molecule has 0 amide bonds. The number of carbonyl (C=O) groups is 1. The SMILES string of the molecule is CCOC(=O)CC1CCc2c1[nH]c1ccc(-c3noc(-c4ccc(OC)c(C)c4)n3)cc21. The van der Waals surface area contributed by atoms with E-state index >= 15 is 0 Å². The molecule has 0 aliphatic heterocycles. The van der Waals surface area contributed by atoms with E-state index in [0.29, 0.717) is 24.7 Å². The topological polar surface area (TPSA) is 90.2 Å². The molecule has 7 heteroatoms. The predicted molar refractivity (Wildman–Crippen MR) is 121 cm³/mol. The van der Waals surface area contributed by atoms with Crippen LogP contribution in [0.1, 0.15) is 42.5 Å². The Labute approximate surface area is 185 Å². The van der Waals surface area contributed by atoms with Crippen LogP contribution >= 0.6 is 0 Å². The summed E-state index contributed by atoms with van der Waals surface area (Å²) >= 11 is 0. The number of esters is 1. The lowest BCUT2D eigenvalue weighted by Gasteiger charge is -2.08. The van der Waals surface area contributed by atoms with Crippen molar-refractivity contribution in [1.82, 2.24) is 15.1 Å². The number of hydrogen-bond acceptors (Lipinski definition) is 6. The van der Waals surface area contributed by atoms with Crippen LogP contribution in [-0.2, 0) is 16.0 Å². The third kappa shape index (κ3) is 3.53. The summed E-state index contributed by atoms with van der Waals surface area (Å²) < 4.78 is 16.0. The second-order valence-electron chi connectivity index (χ2n) is 8.13. The van der Waals surface area contributed by atoms with E-state index in [1.54, 1.807) is 7.11 Å². The van der Waals surface area contributed by atoms with Gasteiger partial charge in [0.1, 0.15) is 5.75 Å². The lowest BCUT2D eigenvalue weighted by atomic mass is 10.0. The number of benzene rings is 2. The summed E-state index contributed by atoms with van der Waals surface area (Å²) in [4.78, 5) is 20.1. The van der Waals surface area contributed by atoms with Crippen molar-refractivity contribution in [1.29, 1.82) is 0 Å². The van der Waals surface area contributed by atoms with E-state index in [1.165, 1.54) is 5.56 Å². The summed E-state index contributed by atoms with van der Waals surface area (Å²) in [6.07, 6.45) is 2.30. The first-order chi connectivity index (χ1) is 15.6. The zero-order valence-corrected chi connectivity index (χ0v) is 18.4. The first kappa shape index (κ1) is 20.3. The highest BCUT2D eigenvalue weighted by atomic mass is 16.5. The average Bonchev–Trinajstić information content (AvgIpc) is 3.50. The number of aryl methyl sites for hydroxylation is 2. The molecular formula is C25H25N3O4. The van der Waals surface area contributed by atoms with Crippen LogP contribution in [0, 0.1) is 6.92 Å². The van der Waals surface area contributed by atoms with Crippen molar-refractivity contribution in [2.75, 3.05) is 13.7 Å². The van der Waals surface area contributed by atoms with Crippen molar-refractivity contribution in [2.45, 2.75) is 39.0 Å². The average molecular weight is 431 g/mol. The molecule has 164 valence electrons. The standard InChI is InChI=1S/C25H25N3O4/c1-4-31-22(29)13-15-5-8-18-19-12-16(6-9-20(19)26-23(15)18)24-27-25(32-28-24)17-7-10-21(30-3)14(2)11-17/h6-7,9-12,15,26H,4-5,8,13H2,1-3H3. The molecule has 0 radical (unpaired) electrons. The molecule has 2 aromatic heterocycles. The van der Waals surface area contributed by atoms with Crippen molar-refractivity contribution >= 4 is 16.9 Å². The van der Waals surface area contributed by atoms with Gasteiger partial charge in [-0.05, 0) is 74.2 Å². The largest absolute Gasteiger partial charge is 0.496 e. The zero-order valence-electron chi connectivity index (χ0n) is 18.4. The first-order valence-corrected chi connectivity index (χ1v) is 10.9. The van der Waals surface area contributed by atoms with Gasteiger partial charge in [0.15, 0.2) is 0 Å². The third-order valence-electron chi connectivity index (χ3n) is 6.13. The minimum Gasteiger partial charge on any atom is -0.496 e. The minimum atomic E-state index is -0.141. The number of nitrogens with one attached hydrogen (secondary N) is 1. The second kappa shape index (κ2) is 8.15. The Morgan fingerprint density at radius 2 is 2.06 bits per heavy atom. The summed E-state index contributed by atoms with van der Waals surface area (Å²) in [5.74, 6) is 1.88. The lowest BCUT2D eigenvalue weighted by molar-refractivity contribution is -0.143. The molecule has 2 aromatic carbocycles. The molecule has 1 atom stereocenters. The summed E-state index contributed by atoms with van der Waals surface area (Å²) in [6, 6.07) is 11.9. The fraction of sp³-hybridized carbons (Fsp3) is 0.320. The number of carbonyl (C=O) groups excluding carboxylic acids is 1. The molecule has 0 saturated carbocycles. The quantitative estimate of drug-likeness (QED) is 0.423. The molecule has 0 bridgehead atoms. The van der Waals surface area contributed by atoms with Crippen LogP contribution in [0.4, 0.5) is 0 Å². The molecule has 1 aliphatic rings. The predicted octanol–water partition coefficient (Wildman–Crippen LogP) is 5.18. The first-order valence-electron chi connectivity index (χ1n) is 10.9. The fourth-order valence-electron chi connectivity index (χ4n) is 4.58. The number of fused-ring (bicyclic) bond motifs is 3. The summed E-state index contributed by atoms with van der Waals surface area (Å²) in [6.45, 7) is 4.23. The third-order valence-corrected chi connectivity index (χ3v) is 6.13. The van der Waals surface area contributed by atoms with Crippen molar-refractivity contribution in [3.05, 3.63) is 53.2 Å². The molecule has 4 aromatic rings. The van der Waals surface area contributed by atoms with Crippen molar-refractivity contribution in [3.8, 4) is 28.6 Å². The van der Waals surface area contributed by atoms with Gasteiger partial charge in [0.2, 0.25) is 5.82 Å². The van der Waals surface area contributed by atoms with Gasteiger partial charge in [-0.2, -0.15) is 4.98 Å². The molecule has 2 heterocycles. The maximum absolute atomic E-state index is 12.0. The van der Waals surface area contributed by atoms with Gasteiger partial charge in [-0.3, -0.25) is 4.79 Å². The molecule has 0 saturated heterocycles. The summed E-state index contributed by atoms with van der Waals surface area (Å²) in [7, 11) is 1.65.